The van der Waals surface area contributed by atoms with Gasteiger partial charge in [-0.2, -0.15) is 17.5 Å². The van der Waals surface area contributed by atoms with Crippen molar-refractivity contribution in [3.8, 4) is 0 Å². The summed E-state index contributed by atoms with van der Waals surface area (Å²) in [5.41, 5.74) is -1.17. The molecule has 0 radical (unpaired) electrons. The first-order valence-corrected chi connectivity index (χ1v) is 14.5. The van der Waals surface area contributed by atoms with E-state index >= 15 is 0 Å². The highest BCUT2D eigenvalue weighted by Gasteiger charge is 2.39. The lowest BCUT2D eigenvalue weighted by Crippen LogP contribution is -2.54. The number of carbonyl (C=O) groups is 1. The van der Waals surface area contributed by atoms with Crippen LogP contribution in [0, 0.1) is 5.82 Å². The summed E-state index contributed by atoms with van der Waals surface area (Å²) in [7, 11) is -3.95. The number of sulfonamides is 1. The second-order valence-corrected chi connectivity index (χ2v) is 12.9. The van der Waals surface area contributed by atoms with Gasteiger partial charge in [0, 0.05) is 63.2 Å². The van der Waals surface area contributed by atoms with Crippen LogP contribution in [0.1, 0.15) is 33.3 Å². The molecule has 13 heteroatoms. The Morgan fingerprint density at radius 1 is 0.925 bits per heavy atom. The maximum Gasteiger partial charge on any atom is 0.418 e. The topological polar surface area (TPSA) is 73.4 Å². The molecule has 0 aliphatic carbocycles. The monoisotopic (exact) mass is 586 g/mol. The lowest BCUT2D eigenvalue weighted by atomic mass is 10.1. The van der Waals surface area contributed by atoms with Crippen LogP contribution in [0.4, 0.5) is 33.7 Å². The fourth-order valence-corrected chi connectivity index (χ4v) is 6.63. The molecule has 0 bridgehead atoms. The standard InChI is InChI=1S/C27H34F4N4O4S/c1-19-18-34(24-9-8-20(28)16-23(24)27(29,30)31)14-15-35(19)40(37,38)22-7-5-6-21(17-22)32-10-12-33(13-11-32)25(36)39-26(2,3)4/h5-9,16-17,19H,10-15,18H2,1-4H3/t19-/m1/s1. The Hall–Kier alpha value is -3.06. The van der Waals surface area contributed by atoms with Gasteiger partial charge in [-0.1, -0.05) is 6.07 Å². The van der Waals surface area contributed by atoms with Gasteiger partial charge in [-0.05, 0) is 64.1 Å². The van der Waals surface area contributed by atoms with Gasteiger partial charge < -0.3 is 19.4 Å². The van der Waals surface area contributed by atoms with E-state index in [9.17, 15) is 30.8 Å². The summed E-state index contributed by atoms with van der Waals surface area (Å²) in [4.78, 5) is 17.5. The molecule has 2 aromatic rings. The number of rotatable bonds is 4. The Kier molecular flexibility index (Phi) is 8.28. The van der Waals surface area contributed by atoms with E-state index < -0.39 is 39.2 Å². The number of anilines is 2. The molecule has 2 aliphatic heterocycles. The summed E-state index contributed by atoms with van der Waals surface area (Å²) in [6.45, 7) is 8.89. The molecule has 40 heavy (non-hydrogen) atoms. The zero-order valence-corrected chi connectivity index (χ0v) is 23.7. The van der Waals surface area contributed by atoms with Crippen LogP contribution in [0.5, 0.6) is 0 Å². The van der Waals surface area contributed by atoms with E-state index in [0.29, 0.717) is 37.9 Å². The molecule has 220 valence electrons. The van der Waals surface area contributed by atoms with Crippen molar-refractivity contribution >= 4 is 27.5 Å². The molecule has 0 aromatic heterocycles. The third kappa shape index (κ3) is 6.63. The van der Waals surface area contributed by atoms with E-state index in [1.165, 1.54) is 15.3 Å². The van der Waals surface area contributed by atoms with Crippen LogP contribution < -0.4 is 9.80 Å². The predicted molar refractivity (Wildman–Crippen MR) is 143 cm³/mol. The Morgan fingerprint density at radius 2 is 1.57 bits per heavy atom. The van der Waals surface area contributed by atoms with E-state index in [0.717, 1.165) is 12.1 Å². The number of benzene rings is 2. The number of hydrogen-bond acceptors (Lipinski definition) is 6. The van der Waals surface area contributed by atoms with Gasteiger partial charge in [0.15, 0.2) is 0 Å². The normalized spacial score (nSPS) is 19.6. The Bertz CT molecular complexity index is 1340. The Balaban J connectivity index is 1.45. The van der Waals surface area contributed by atoms with Gasteiger partial charge in [-0.3, -0.25) is 0 Å². The Labute approximate surface area is 232 Å². The summed E-state index contributed by atoms with van der Waals surface area (Å²) in [5.74, 6) is -0.989. The fraction of sp³-hybridized carbons (Fsp3) is 0.519. The fourth-order valence-electron chi connectivity index (χ4n) is 4.98. The lowest BCUT2D eigenvalue weighted by molar-refractivity contribution is -0.137. The number of alkyl halides is 3. The molecule has 1 atom stereocenters. The maximum absolute atomic E-state index is 13.6. The van der Waals surface area contributed by atoms with E-state index in [1.54, 1.807) is 50.8 Å². The molecule has 2 saturated heterocycles. The lowest BCUT2D eigenvalue weighted by Gasteiger charge is -2.41. The minimum Gasteiger partial charge on any atom is -0.444 e. The minimum atomic E-state index is -4.75. The van der Waals surface area contributed by atoms with Crippen LogP contribution in [0.2, 0.25) is 0 Å². The van der Waals surface area contributed by atoms with E-state index in [4.69, 9.17) is 4.74 Å². The Morgan fingerprint density at radius 3 is 2.17 bits per heavy atom. The largest absolute Gasteiger partial charge is 0.444 e. The quantitative estimate of drug-likeness (QED) is 0.480. The highest BCUT2D eigenvalue weighted by Crippen LogP contribution is 2.38. The van der Waals surface area contributed by atoms with Gasteiger partial charge >= 0.3 is 12.3 Å². The summed E-state index contributed by atoms with van der Waals surface area (Å²) < 4.78 is 88.2. The molecule has 0 saturated carbocycles. The van der Waals surface area contributed by atoms with Crippen LogP contribution >= 0.6 is 0 Å². The van der Waals surface area contributed by atoms with Crippen molar-refractivity contribution in [3.63, 3.8) is 0 Å². The van der Waals surface area contributed by atoms with Crippen molar-refractivity contribution in [2.75, 3.05) is 55.6 Å². The number of nitrogens with zero attached hydrogens (tertiary/aromatic N) is 4. The first-order chi connectivity index (χ1) is 18.6. The van der Waals surface area contributed by atoms with E-state index in [-0.39, 0.29) is 36.3 Å². The third-order valence-corrected chi connectivity index (χ3v) is 8.90. The number of halogens is 4. The maximum atomic E-state index is 13.6. The molecule has 4 rings (SSSR count). The number of hydrogen-bond donors (Lipinski definition) is 0. The van der Waals surface area contributed by atoms with Crippen molar-refractivity contribution in [2.24, 2.45) is 0 Å². The van der Waals surface area contributed by atoms with Crippen LogP contribution in [-0.4, -0.2) is 81.2 Å². The van der Waals surface area contributed by atoms with E-state index in [1.807, 2.05) is 4.90 Å². The molecule has 2 aromatic carbocycles. The smallest absolute Gasteiger partial charge is 0.418 e. The van der Waals surface area contributed by atoms with Crippen LogP contribution in [0.25, 0.3) is 0 Å². The van der Waals surface area contributed by atoms with Gasteiger partial charge in [0.1, 0.15) is 11.4 Å². The zero-order valence-electron chi connectivity index (χ0n) is 22.9. The molecule has 1 amide bonds. The summed E-state index contributed by atoms with van der Waals surface area (Å²) in [6, 6.07) is 8.41. The second-order valence-electron chi connectivity index (χ2n) is 11.0. The third-order valence-electron chi connectivity index (χ3n) is 6.89. The van der Waals surface area contributed by atoms with Gasteiger partial charge in [-0.15, -0.1) is 0 Å². The molecule has 2 fully saturated rings. The van der Waals surface area contributed by atoms with Gasteiger partial charge in [-0.25, -0.2) is 17.6 Å². The summed E-state index contributed by atoms with van der Waals surface area (Å²) in [6.07, 6.45) is -5.14. The molecule has 0 spiro atoms. The number of piperazine rings is 2. The SMILES string of the molecule is C[C@@H]1CN(c2ccc(F)cc2C(F)(F)F)CCN1S(=O)(=O)c1cccc(N2CCN(C(=O)OC(C)(C)C)CC2)c1. The average molecular weight is 587 g/mol. The molecule has 0 unspecified atom stereocenters. The average Bonchev–Trinajstić information content (AvgIpc) is 2.87. The van der Waals surface area contributed by atoms with Crippen molar-refractivity contribution in [1.29, 1.82) is 0 Å². The van der Waals surface area contributed by atoms with Crippen molar-refractivity contribution < 1.29 is 35.5 Å². The highest BCUT2D eigenvalue weighted by molar-refractivity contribution is 7.89. The summed E-state index contributed by atoms with van der Waals surface area (Å²) >= 11 is 0. The second kappa shape index (κ2) is 11.1. The molecule has 0 N–H and O–H groups in total. The van der Waals surface area contributed by atoms with Crippen molar-refractivity contribution in [3.05, 3.63) is 53.8 Å². The molecule has 2 heterocycles. The number of amides is 1. The summed E-state index contributed by atoms with van der Waals surface area (Å²) in [5, 5.41) is 0. The van der Waals surface area contributed by atoms with Crippen LogP contribution in [0.15, 0.2) is 47.4 Å². The minimum absolute atomic E-state index is 0.0141. The first kappa shape index (κ1) is 29.9. The molecule has 2 aliphatic rings. The molecular formula is C27H34F4N4O4S. The first-order valence-electron chi connectivity index (χ1n) is 13.0. The molecule has 8 nitrogen and oxygen atoms in total. The number of ether oxygens (including phenoxy) is 1. The van der Waals surface area contributed by atoms with Crippen LogP contribution in [-0.2, 0) is 20.9 Å². The van der Waals surface area contributed by atoms with Crippen molar-refractivity contribution in [1.82, 2.24) is 9.21 Å². The van der Waals surface area contributed by atoms with Crippen LogP contribution in [0.3, 0.4) is 0 Å². The number of carbonyl (C=O) groups excluding carboxylic acids is 1. The van der Waals surface area contributed by atoms with Gasteiger partial charge in [0.05, 0.1) is 10.5 Å². The van der Waals surface area contributed by atoms with Gasteiger partial charge in [0.25, 0.3) is 0 Å². The van der Waals surface area contributed by atoms with E-state index in [2.05, 4.69) is 0 Å². The van der Waals surface area contributed by atoms with Gasteiger partial charge in [0.2, 0.25) is 10.0 Å². The predicted octanol–water partition coefficient (Wildman–Crippen LogP) is 4.80. The van der Waals surface area contributed by atoms with Crippen molar-refractivity contribution in [2.45, 2.75) is 50.4 Å². The highest BCUT2D eigenvalue weighted by atomic mass is 32.2. The molecular weight excluding hydrogens is 552 g/mol. The zero-order chi connectivity index (χ0) is 29.5.